The Morgan fingerprint density at radius 2 is 1.61 bits per heavy atom. The monoisotopic (exact) mass is 445 g/mol. The van der Waals surface area contributed by atoms with Gasteiger partial charge in [0.1, 0.15) is 6.61 Å². The van der Waals surface area contributed by atoms with Crippen molar-refractivity contribution in [1.29, 1.82) is 0 Å². The molecule has 7 nitrogen and oxygen atoms in total. The van der Waals surface area contributed by atoms with E-state index in [4.69, 9.17) is 9.47 Å². The average Bonchev–Trinajstić information content (AvgIpc) is 2.84. The molecule has 1 atom stereocenters. The summed E-state index contributed by atoms with van der Waals surface area (Å²) >= 11 is 0. The fraction of sp³-hybridized carbons (Fsp3) is 0.192. The minimum atomic E-state index is -0.845. The Bertz CT molecular complexity index is 1090. The van der Waals surface area contributed by atoms with E-state index in [1.54, 1.807) is 25.1 Å². The number of hydrogen-bond acceptors (Lipinski definition) is 5. The first-order valence-corrected chi connectivity index (χ1v) is 10.7. The van der Waals surface area contributed by atoms with Crippen molar-refractivity contribution in [2.45, 2.75) is 26.5 Å². The quantitative estimate of drug-likeness (QED) is 0.296. The van der Waals surface area contributed by atoms with Gasteiger partial charge in [0.2, 0.25) is 0 Å². The molecule has 3 aromatic carbocycles. The Labute approximate surface area is 193 Å². The van der Waals surface area contributed by atoms with Crippen LogP contribution in [0.2, 0.25) is 0 Å². The zero-order valence-corrected chi connectivity index (χ0v) is 18.7. The number of rotatable bonds is 9. The Morgan fingerprint density at radius 3 is 2.30 bits per heavy atom. The van der Waals surface area contributed by atoms with Crippen LogP contribution < -0.4 is 20.2 Å². The highest BCUT2D eigenvalue weighted by Gasteiger charge is 2.16. The molecule has 3 aromatic rings. The average molecular weight is 446 g/mol. The van der Waals surface area contributed by atoms with Crippen molar-refractivity contribution >= 4 is 18.0 Å². The van der Waals surface area contributed by atoms with Gasteiger partial charge >= 0.3 is 11.8 Å². The summed E-state index contributed by atoms with van der Waals surface area (Å²) in [6.07, 6.45) is 1.44. The van der Waals surface area contributed by atoms with Gasteiger partial charge in [0.05, 0.1) is 18.9 Å². The lowest BCUT2D eigenvalue weighted by Gasteiger charge is -2.13. The fourth-order valence-electron chi connectivity index (χ4n) is 3.03. The highest BCUT2D eigenvalue weighted by atomic mass is 16.5. The highest BCUT2D eigenvalue weighted by molar-refractivity contribution is 6.35. The van der Waals surface area contributed by atoms with Crippen LogP contribution >= 0.6 is 0 Å². The van der Waals surface area contributed by atoms with E-state index in [0.29, 0.717) is 30.3 Å². The van der Waals surface area contributed by atoms with Crippen LogP contribution in [0.1, 0.15) is 36.6 Å². The lowest BCUT2D eigenvalue weighted by molar-refractivity contribution is -0.139. The third-order valence-corrected chi connectivity index (χ3v) is 4.74. The van der Waals surface area contributed by atoms with Crippen molar-refractivity contribution < 1.29 is 19.1 Å². The summed E-state index contributed by atoms with van der Waals surface area (Å²) in [5.74, 6) is -0.431. The van der Waals surface area contributed by atoms with Crippen molar-refractivity contribution in [1.82, 2.24) is 10.7 Å². The van der Waals surface area contributed by atoms with Crippen LogP contribution in [-0.4, -0.2) is 24.6 Å². The molecule has 0 spiro atoms. The molecule has 0 saturated heterocycles. The second kappa shape index (κ2) is 12.0. The maximum Gasteiger partial charge on any atom is 0.329 e. The molecule has 2 N–H and O–H groups in total. The molecule has 0 fully saturated rings. The van der Waals surface area contributed by atoms with Gasteiger partial charge in [-0.25, -0.2) is 5.43 Å². The van der Waals surface area contributed by atoms with Gasteiger partial charge in [-0.1, -0.05) is 60.7 Å². The summed E-state index contributed by atoms with van der Waals surface area (Å²) in [5, 5.41) is 6.53. The zero-order chi connectivity index (χ0) is 23.5. The van der Waals surface area contributed by atoms with E-state index < -0.39 is 11.8 Å². The summed E-state index contributed by atoms with van der Waals surface area (Å²) in [7, 11) is 0. The molecule has 3 rings (SSSR count). The second-order valence-electron chi connectivity index (χ2n) is 7.22. The minimum Gasteiger partial charge on any atom is -0.490 e. The molecule has 0 aliphatic carbocycles. The van der Waals surface area contributed by atoms with Crippen LogP contribution in [0.5, 0.6) is 11.5 Å². The Balaban J connectivity index is 1.56. The van der Waals surface area contributed by atoms with Crippen LogP contribution in [0, 0.1) is 0 Å². The number of benzene rings is 3. The van der Waals surface area contributed by atoms with Gasteiger partial charge in [0, 0.05) is 0 Å². The molecule has 7 heteroatoms. The normalized spacial score (nSPS) is 11.6. The smallest absolute Gasteiger partial charge is 0.329 e. The predicted molar refractivity (Wildman–Crippen MR) is 127 cm³/mol. The standard InChI is InChI=1S/C26H27N3O4/c1-3-32-24-16-21(14-15-23(24)33-18-20-10-6-4-7-11-20)17-27-29-26(31)25(30)28-19(2)22-12-8-5-9-13-22/h4-17,19H,3,18H2,1-2H3,(H,28,30)(H,29,31)/b27-17-/t19-/m0/s1. The molecule has 33 heavy (non-hydrogen) atoms. The summed E-state index contributed by atoms with van der Waals surface area (Å²) in [4.78, 5) is 24.2. The molecule has 170 valence electrons. The third kappa shape index (κ3) is 7.21. The summed E-state index contributed by atoms with van der Waals surface area (Å²) < 4.78 is 11.6. The van der Waals surface area contributed by atoms with Crippen LogP contribution in [0.3, 0.4) is 0 Å². The lowest BCUT2D eigenvalue weighted by Crippen LogP contribution is -2.39. The fourth-order valence-corrected chi connectivity index (χ4v) is 3.03. The zero-order valence-electron chi connectivity index (χ0n) is 18.7. The van der Waals surface area contributed by atoms with E-state index >= 15 is 0 Å². The van der Waals surface area contributed by atoms with E-state index in [0.717, 1.165) is 11.1 Å². The van der Waals surface area contributed by atoms with Crippen molar-refractivity contribution in [3.63, 3.8) is 0 Å². The van der Waals surface area contributed by atoms with Crippen molar-refractivity contribution in [2.24, 2.45) is 5.10 Å². The first kappa shape index (κ1) is 23.5. The van der Waals surface area contributed by atoms with Crippen molar-refractivity contribution in [2.75, 3.05) is 6.61 Å². The van der Waals surface area contributed by atoms with Crippen LogP contribution in [0.15, 0.2) is 84.0 Å². The van der Waals surface area contributed by atoms with Crippen molar-refractivity contribution in [3.05, 3.63) is 95.6 Å². The van der Waals surface area contributed by atoms with Gasteiger partial charge in [0.15, 0.2) is 11.5 Å². The topological polar surface area (TPSA) is 89.0 Å². The molecular formula is C26H27N3O4. The molecule has 0 unspecified atom stereocenters. The molecule has 0 aromatic heterocycles. The van der Waals surface area contributed by atoms with E-state index in [2.05, 4.69) is 15.8 Å². The number of hydrogen-bond donors (Lipinski definition) is 2. The molecule has 2 amide bonds. The first-order chi connectivity index (χ1) is 16.1. The summed E-state index contributed by atoms with van der Waals surface area (Å²) in [5.41, 5.74) is 4.88. The van der Waals surface area contributed by atoms with E-state index in [9.17, 15) is 9.59 Å². The molecule has 0 aliphatic heterocycles. The van der Waals surface area contributed by atoms with E-state index in [1.165, 1.54) is 6.21 Å². The Morgan fingerprint density at radius 1 is 0.909 bits per heavy atom. The molecular weight excluding hydrogens is 418 g/mol. The van der Waals surface area contributed by atoms with Gasteiger partial charge in [-0.05, 0) is 48.7 Å². The molecule has 0 aliphatic rings. The number of carbonyl (C=O) groups is 2. The largest absolute Gasteiger partial charge is 0.490 e. The number of carbonyl (C=O) groups excluding carboxylic acids is 2. The maximum atomic E-state index is 12.1. The van der Waals surface area contributed by atoms with Gasteiger partial charge in [-0.2, -0.15) is 5.10 Å². The van der Waals surface area contributed by atoms with Crippen LogP contribution in [0.4, 0.5) is 0 Å². The number of nitrogens with one attached hydrogen (secondary N) is 2. The summed E-state index contributed by atoms with van der Waals surface area (Å²) in [6, 6.07) is 24.3. The predicted octanol–water partition coefficient (Wildman–Crippen LogP) is 3.99. The lowest BCUT2D eigenvalue weighted by atomic mass is 10.1. The SMILES string of the molecule is CCOc1cc(/C=N\NC(=O)C(=O)N[C@@H](C)c2ccccc2)ccc1OCc1ccccc1. The van der Waals surface area contributed by atoms with Gasteiger partial charge < -0.3 is 14.8 Å². The first-order valence-electron chi connectivity index (χ1n) is 10.7. The minimum absolute atomic E-state index is 0.300. The van der Waals surface area contributed by atoms with E-state index in [1.807, 2.05) is 67.6 Å². The molecule has 0 radical (unpaired) electrons. The van der Waals surface area contributed by atoms with Gasteiger partial charge in [-0.15, -0.1) is 0 Å². The van der Waals surface area contributed by atoms with E-state index in [-0.39, 0.29) is 6.04 Å². The summed E-state index contributed by atoms with van der Waals surface area (Å²) in [6.45, 7) is 4.58. The molecule has 0 heterocycles. The van der Waals surface area contributed by atoms with Crippen LogP contribution in [0.25, 0.3) is 0 Å². The third-order valence-electron chi connectivity index (χ3n) is 4.74. The van der Waals surface area contributed by atoms with Crippen molar-refractivity contribution in [3.8, 4) is 11.5 Å². The maximum absolute atomic E-state index is 12.1. The molecule has 0 bridgehead atoms. The van der Waals surface area contributed by atoms with Gasteiger partial charge in [-0.3, -0.25) is 9.59 Å². The number of amides is 2. The van der Waals surface area contributed by atoms with Crippen LogP contribution in [-0.2, 0) is 16.2 Å². The number of hydrazone groups is 1. The second-order valence-corrected chi connectivity index (χ2v) is 7.22. The highest BCUT2D eigenvalue weighted by Crippen LogP contribution is 2.28. The Kier molecular flexibility index (Phi) is 8.59. The number of ether oxygens (including phenoxy) is 2. The van der Waals surface area contributed by atoms with Gasteiger partial charge in [0.25, 0.3) is 0 Å². The Hall–Kier alpha value is -4.13. The molecule has 0 saturated carbocycles. The number of nitrogens with zero attached hydrogens (tertiary/aromatic N) is 1.